The summed E-state index contributed by atoms with van der Waals surface area (Å²) in [4.78, 5) is 9.20. The van der Waals surface area contributed by atoms with E-state index in [1.807, 2.05) is 14.0 Å². The van der Waals surface area contributed by atoms with Gasteiger partial charge >= 0.3 is 0 Å². The van der Waals surface area contributed by atoms with Gasteiger partial charge < -0.3 is 15.7 Å². The number of rotatable bonds is 5. The third kappa shape index (κ3) is 2.52. The van der Waals surface area contributed by atoms with E-state index in [9.17, 15) is 5.11 Å². The number of nitrogens with one attached hydrogen (secondary N) is 2. The summed E-state index contributed by atoms with van der Waals surface area (Å²) in [5.74, 6) is 3.21. The van der Waals surface area contributed by atoms with Gasteiger partial charge in [-0.2, -0.15) is 0 Å². The van der Waals surface area contributed by atoms with Gasteiger partial charge in [0.05, 0.1) is 5.60 Å². The first-order valence-corrected chi connectivity index (χ1v) is 7.14. The van der Waals surface area contributed by atoms with Gasteiger partial charge in [0.25, 0.3) is 0 Å². The predicted octanol–water partition coefficient (Wildman–Crippen LogP) is 2.03. The van der Waals surface area contributed by atoms with Crippen molar-refractivity contribution in [1.82, 2.24) is 9.97 Å². The fourth-order valence-corrected chi connectivity index (χ4v) is 2.48. The molecule has 2 saturated carbocycles. The Morgan fingerprint density at radius 3 is 2.47 bits per heavy atom. The summed E-state index contributed by atoms with van der Waals surface area (Å²) in [5, 5.41) is 16.6. The Morgan fingerprint density at radius 2 is 1.95 bits per heavy atom. The molecule has 0 radical (unpaired) electrons. The van der Waals surface area contributed by atoms with Crippen molar-refractivity contribution in [2.24, 2.45) is 0 Å². The van der Waals surface area contributed by atoms with Gasteiger partial charge in [0.15, 0.2) is 0 Å². The average Bonchev–Trinajstić information content (AvgIpc) is 3.19. The third-order valence-corrected chi connectivity index (χ3v) is 4.21. The first kappa shape index (κ1) is 12.7. The summed E-state index contributed by atoms with van der Waals surface area (Å²) in [6.07, 6.45) is 5.28. The fraction of sp³-hybridized carbons (Fsp3) is 0.714. The molecular weight excluding hydrogens is 240 g/mol. The van der Waals surface area contributed by atoms with Gasteiger partial charge in [-0.05, 0) is 39.0 Å². The lowest BCUT2D eigenvalue weighted by Crippen LogP contribution is -2.43. The second kappa shape index (κ2) is 4.63. The third-order valence-electron chi connectivity index (χ3n) is 4.21. The van der Waals surface area contributed by atoms with E-state index in [-0.39, 0.29) is 0 Å². The number of nitrogens with zero attached hydrogens (tertiary/aromatic N) is 2. The second-order valence-corrected chi connectivity index (χ2v) is 5.86. The minimum atomic E-state index is -0.531. The lowest BCUT2D eigenvalue weighted by atomic mass is 9.80. The highest BCUT2D eigenvalue weighted by molar-refractivity contribution is 5.57. The zero-order chi connectivity index (χ0) is 13.5. The van der Waals surface area contributed by atoms with E-state index < -0.39 is 5.60 Å². The van der Waals surface area contributed by atoms with Crippen LogP contribution in [0.2, 0.25) is 0 Å². The Balaban J connectivity index is 1.79. The normalized spacial score (nSPS) is 20.8. The SMILES string of the molecule is CNc1nc(C2CC2)nc(NCC2(O)CCC2)c1C. The van der Waals surface area contributed by atoms with Crippen molar-refractivity contribution in [2.75, 3.05) is 24.2 Å². The van der Waals surface area contributed by atoms with Gasteiger partial charge in [0.2, 0.25) is 0 Å². The molecule has 0 saturated heterocycles. The van der Waals surface area contributed by atoms with Gasteiger partial charge in [0, 0.05) is 25.1 Å². The number of anilines is 2. The molecule has 1 heterocycles. The smallest absolute Gasteiger partial charge is 0.136 e. The van der Waals surface area contributed by atoms with Crippen LogP contribution in [0, 0.1) is 6.92 Å². The zero-order valence-corrected chi connectivity index (χ0v) is 11.7. The lowest BCUT2D eigenvalue weighted by molar-refractivity contribution is -0.0202. The monoisotopic (exact) mass is 262 g/mol. The molecule has 3 N–H and O–H groups in total. The molecule has 0 atom stereocenters. The maximum absolute atomic E-state index is 10.2. The summed E-state index contributed by atoms with van der Waals surface area (Å²) in [5.41, 5.74) is 0.492. The molecule has 0 amide bonds. The average molecular weight is 262 g/mol. The summed E-state index contributed by atoms with van der Waals surface area (Å²) in [7, 11) is 1.88. The van der Waals surface area contributed by atoms with Crippen LogP contribution >= 0.6 is 0 Å². The second-order valence-electron chi connectivity index (χ2n) is 5.86. The highest BCUT2D eigenvalue weighted by atomic mass is 16.3. The quantitative estimate of drug-likeness (QED) is 0.757. The van der Waals surface area contributed by atoms with E-state index in [0.29, 0.717) is 12.5 Å². The number of hydrogen-bond donors (Lipinski definition) is 3. The van der Waals surface area contributed by atoms with Crippen molar-refractivity contribution >= 4 is 11.6 Å². The maximum atomic E-state index is 10.2. The first-order valence-electron chi connectivity index (χ1n) is 7.14. The molecule has 0 spiro atoms. The highest BCUT2D eigenvalue weighted by Gasteiger charge is 2.34. The Hall–Kier alpha value is -1.36. The molecule has 0 aliphatic heterocycles. The Labute approximate surface area is 113 Å². The molecule has 104 valence electrons. The Kier molecular flexibility index (Phi) is 3.09. The molecule has 5 heteroatoms. The maximum Gasteiger partial charge on any atom is 0.136 e. The van der Waals surface area contributed by atoms with Gasteiger partial charge in [-0.3, -0.25) is 0 Å². The molecule has 0 unspecified atom stereocenters. The Bertz CT molecular complexity index is 481. The molecular formula is C14H22N4O. The van der Waals surface area contributed by atoms with Crippen molar-refractivity contribution in [3.05, 3.63) is 11.4 Å². The van der Waals surface area contributed by atoms with Crippen LogP contribution in [0.25, 0.3) is 0 Å². The van der Waals surface area contributed by atoms with Crippen molar-refractivity contribution in [2.45, 2.75) is 50.5 Å². The minimum Gasteiger partial charge on any atom is -0.388 e. The summed E-state index contributed by atoms with van der Waals surface area (Å²) >= 11 is 0. The van der Waals surface area contributed by atoms with Crippen LogP contribution in [0.5, 0.6) is 0 Å². The minimum absolute atomic E-state index is 0.528. The molecule has 1 aromatic heterocycles. The topological polar surface area (TPSA) is 70.1 Å². The van der Waals surface area contributed by atoms with E-state index >= 15 is 0 Å². The van der Waals surface area contributed by atoms with E-state index in [1.54, 1.807) is 0 Å². The number of hydrogen-bond acceptors (Lipinski definition) is 5. The van der Waals surface area contributed by atoms with Crippen molar-refractivity contribution in [3.8, 4) is 0 Å². The van der Waals surface area contributed by atoms with E-state index in [0.717, 1.165) is 42.3 Å². The first-order chi connectivity index (χ1) is 9.11. The van der Waals surface area contributed by atoms with Crippen molar-refractivity contribution in [3.63, 3.8) is 0 Å². The number of aliphatic hydroxyl groups is 1. The van der Waals surface area contributed by atoms with Gasteiger partial charge in [-0.1, -0.05) is 0 Å². The highest BCUT2D eigenvalue weighted by Crippen LogP contribution is 2.39. The fourth-order valence-electron chi connectivity index (χ4n) is 2.48. The van der Waals surface area contributed by atoms with Crippen LogP contribution < -0.4 is 10.6 Å². The van der Waals surface area contributed by atoms with Gasteiger partial charge in [0.1, 0.15) is 17.5 Å². The van der Waals surface area contributed by atoms with Crippen molar-refractivity contribution in [1.29, 1.82) is 0 Å². The van der Waals surface area contributed by atoms with Crippen LogP contribution in [-0.4, -0.2) is 34.3 Å². The molecule has 0 bridgehead atoms. The van der Waals surface area contributed by atoms with Crippen LogP contribution in [0.1, 0.15) is 49.4 Å². The van der Waals surface area contributed by atoms with Crippen LogP contribution in [-0.2, 0) is 0 Å². The molecule has 2 aliphatic rings. The predicted molar refractivity (Wildman–Crippen MR) is 75.6 cm³/mol. The van der Waals surface area contributed by atoms with Gasteiger partial charge in [-0.15, -0.1) is 0 Å². The lowest BCUT2D eigenvalue weighted by Gasteiger charge is -2.36. The molecule has 0 aromatic carbocycles. The zero-order valence-electron chi connectivity index (χ0n) is 11.7. The molecule has 2 fully saturated rings. The van der Waals surface area contributed by atoms with Crippen molar-refractivity contribution < 1.29 is 5.11 Å². The van der Waals surface area contributed by atoms with E-state index in [1.165, 1.54) is 12.8 Å². The molecule has 2 aliphatic carbocycles. The molecule has 19 heavy (non-hydrogen) atoms. The standard InChI is InChI=1S/C14H22N4O/c1-9-11(15-2)17-13(10-4-5-10)18-12(9)16-8-14(19)6-3-7-14/h10,19H,3-8H2,1-2H3,(H2,15,16,17,18). The van der Waals surface area contributed by atoms with E-state index in [2.05, 4.69) is 20.6 Å². The molecule has 3 rings (SSSR count). The van der Waals surface area contributed by atoms with Crippen LogP contribution in [0.3, 0.4) is 0 Å². The summed E-state index contributed by atoms with van der Waals surface area (Å²) < 4.78 is 0. The largest absolute Gasteiger partial charge is 0.388 e. The Morgan fingerprint density at radius 1 is 1.26 bits per heavy atom. The van der Waals surface area contributed by atoms with Crippen LogP contribution in [0.4, 0.5) is 11.6 Å². The summed E-state index contributed by atoms with van der Waals surface area (Å²) in [6, 6.07) is 0. The van der Waals surface area contributed by atoms with Gasteiger partial charge in [-0.25, -0.2) is 9.97 Å². The summed E-state index contributed by atoms with van der Waals surface area (Å²) in [6.45, 7) is 2.59. The van der Waals surface area contributed by atoms with E-state index in [4.69, 9.17) is 0 Å². The number of aromatic nitrogens is 2. The molecule has 5 nitrogen and oxygen atoms in total. The van der Waals surface area contributed by atoms with Crippen LogP contribution in [0.15, 0.2) is 0 Å². The molecule has 1 aromatic rings.